The van der Waals surface area contributed by atoms with E-state index in [1.807, 2.05) is 11.3 Å². The summed E-state index contributed by atoms with van der Waals surface area (Å²) in [6, 6.07) is 4.30. The van der Waals surface area contributed by atoms with E-state index < -0.39 is 0 Å². The van der Waals surface area contributed by atoms with Crippen LogP contribution < -0.4 is 5.32 Å². The van der Waals surface area contributed by atoms with Crippen LogP contribution in [-0.2, 0) is 19.5 Å². The van der Waals surface area contributed by atoms with Crippen LogP contribution in [0.2, 0.25) is 0 Å². The topological polar surface area (TPSA) is 29.9 Å². The van der Waals surface area contributed by atoms with E-state index >= 15 is 0 Å². The lowest BCUT2D eigenvalue weighted by atomic mass is 10.2. The number of hydrogen-bond donors (Lipinski definition) is 1. The summed E-state index contributed by atoms with van der Waals surface area (Å²) in [4.78, 5) is 1.43. The van der Waals surface area contributed by atoms with Gasteiger partial charge in [0.25, 0.3) is 0 Å². The minimum atomic E-state index is 0.924. The summed E-state index contributed by atoms with van der Waals surface area (Å²) in [6.45, 7) is 9.29. The van der Waals surface area contributed by atoms with Gasteiger partial charge in [0.2, 0.25) is 0 Å². The second-order valence-corrected chi connectivity index (χ2v) is 5.51. The van der Waals surface area contributed by atoms with Gasteiger partial charge in [0.15, 0.2) is 0 Å². The number of rotatable bonds is 6. The fraction of sp³-hybridized carbons (Fsp3) is 0.500. The molecule has 0 bridgehead atoms. The summed E-state index contributed by atoms with van der Waals surface area (Å²) in [5.41, 5.74) is 3.80. The van der Waals surface area contributed by atoms with E-state index in [9.17, 15) is 0 Å². The van der Waals surface area contributed by atoms with Crippen LogP contribution in [0.5, 0.6) is 0 Å². The largest absolute Gasteiger partial charge is 0.313 e. The van der Waals surface area contributed by atoms with Crippen molar-refractivity contribution in [2.24, 2.45) is 0 Å². The molecule has 4 heteroatoms. The number of aromatic nitrogens is 2. The first-order valence-corrected chi connectivity index (χ1v) is 7.36. The summed E-state index contributed by atoms with van der Waals surface area (Å²) in [7, 11) is 0. The summed E-state index contributed by atoms with van der Waals surface area (Å²) < 4.78 is 2.14. The highest BCUT2D eigenvalue weighted by Gasteiger charge is 2.10. The van der Waals surface area contributed by atoms with Crippen LogP contribution in [0.3, 0.4) is 0 Å². The Balaban J connectivity index is 2.04. The zero-order valence-corrected chi connectivity index (χ0v) is 12.2. The van der Waals surface area contributed by atoms with Gasteiger partial charge >= 0.3 is 0 Å². The Kier molecular flexibility index (Phi) is 4.55. The van der Waals surface area contributed by atoms with Gasteiger partial charge in [-0.25, -0.2) is 0 Å². The Morgan fingerprint density at radius 1 is 1.39 bits per heavy atom. The maximum atomic E-state index is 4.64. The van der Waals surface area contributed by atoms with Gasteiger partial charge in [-0.1, -0.05) is 13.0 Å². The Bertz CT molecular complexity index is 485. The summed E-state index contributed by atoms with van der Waals surface area (Å²) in [6.07, 6.45) is 1.07. The molecule has 0 fully saturated rings. The molecule has 0 spiro atoms. The highest BCUT2D eigenvalue weighted by atomic mass is 32.1. The molecule has 1 N–H and O–H groups in total. The number of thiophene rings is 1. The van der Waals surface area contributed by atoms with Gasteiger partial charge in [-0.05, 0) is 31.8 Å². The molecule has 2 aromatic rings. The van der Waals surface area contributed by atoms with Crippen molar-refractivity contribution >= 4 is 11.3 Å². The normalized spacial score (nSPS) is 11.1. The summed E-state index contributed by atoms with van der Waals surface area (Å²) >= 11 is 1.82. The highest BCUT2D eigenvalue weighted by Crippen LogP contribution is 2.15. The Morgan fingerprint density at radius 3 is 2.89 bits per heavy atom. The maximum absolute atomic E-state index is 4.64. The fourth-order valence-electron chi connectivity index (χ4n) is 2.13. The van der Waals surface area contributed by atoms with E-state index in [1.54, 1.807) is 0 Å². The zero-order valence-electron chi connectivity index (χ0n) is 11.4. The zero-order chi connectivity index (χ0) is 13.0. The van der Waals surface area contributed by atoms with Crippen LogP contribution >= 0.6 is 11.3 Å². The van der Waals surface area contributed by atoms with Gasteiger partial charge in [0.05, 0.1) is 5.69 Å². The second-order valence-electron chi connectivity index (χ2n) is 4.48. The molecule has 0 aliphatic heterocycles. The van der Waals surface area contributed by atoms with E-state index in [1.165, 1.54) is 16.1 Å². The molecule has 0 atom stereocenters. The second kappa shape index (κ2) is 6.16. The molecule has 0 unspecified atom stereocenters. The van der Waals surface area contributed by atoms with Gasteiger partial charge < -0.3 is 5.32 Å². The Labute approximate surface area is 113 Å². The molecule has 0 saturated carbocycles. The fourth-order valence-corrected chi connectivity index (χ4v) is 2.83. The third-order valence-corrected chi connectivity index (χ3v) is 4.17. The lowest BCUT2D eigenvalue weighted by Gasteiger charge is -2.05. The van der Waals surface area contributed by atoms with Crippen molar-refractivity contribution in [2.75, 3.05) is 6.54 Å². The lowest BCUT2D eigenvalue weighted by Crippen LogP contribution is -2.13. The quantitative estimate of drug-likeness (QED) is 0.868. The van der Waals surface area contributed by atoms with Crippen LogP contribution in [-0.4, -0.2) is 16.3 Å². The molecule has 0 radical (unpaired) electrons. The molecule has 0 saturated heterocycles. The first kappa shape index (κ1) is 13.3. The van der Waals surface area contributed by atoms with Gasteiger partial charge in [-0.2, -0.15) is 5.10 Å². The van der Waals surface area contributed by atoms with Gasteiger partial charge in [-0.15, -0.1) is 11.3 Å². The molecule has 18 heavy (non-hydrogen) atoms. The summed E-state index contributed by atoms with van der Waals surface area (Å²) in [5, 5.41) is 10.2. The van der Waals surface area contributed by atoms with Crippen molar-refractivity contribution in [3.63, 3.8) is 0 Å². The molecule has 0 aliphatic rings. The average molecular weight is 263 g/mol. The van der Waals surface area contributed by atoms with E-state index in [-0.39, 0.29) is 0 Å². The third-order valence-electron chi connectivity index (χ3n) is 3.23. The lowest BCUT2D eigenvalue weighted by molar-refractivity contribution is 0.595. The first-order chi connectivity index (χ1) is 8.72. The van der Waals surface area contributed by atoms with E-state index in [0.29, 0.717) is 0 Å². The van der Waals surface area contributed by atoms with Crippen molar-refractivity contribution in [1.29, 1.82) is 0 Å². The predicted octanol–water partition coefficient (Wildman–Crippen LogP) is 2.91. The van der Waals surface area contributed by atoms with E-state index in [4.69, 9.17) is 0 Å². The van der Waals surface area contributed by atoms with Crippen molar-refractivity contribution in [1.82, 2.24) is 15.1 Å². The molecule has 0 aromatic carbocycles. The molecule has 0 aliphatic carbocycles. The molecule has 0 amide bonds. The van der Waals surface area contributed by atoms with E-state index in [2.05, 4.69) is 53.4 Å². The minimum Gasteiger partial charge on any atom is -0.313 e. The van der Waals surface area contributed by atoms with Crippen molar-refractivity contribution in [2.45, 2.75) is 40.3 Å². The van der Waals surface area contributed by atoms with E-state index in [0.717, 1.165) is 31.7 Å². The molecule has 98 valence electrons. The smallest absolute Gasteiger partial charge is 0.0641 e. The molecular formula is C14H21N3S. The van der Waals surface area contributed by atoms with Crippen molar-refractivity contribution < 1.29 is 0 Å². The predicted molar refractivity (Wildman–Crippen MR) is 77.1 cm³/mol. The number of hydrogen-bond acceptors (Lipinski definition) is 3. The van der Waals surface area contributed by atoms with Gasteiger partial charge in [0.1, 0.15) is 0 Å². The number of nitrogens with one attached hydrogen (secondary N) is 1. The number of nitrogens with zero attached hydrogens (tertiary/aromatic N) is 2. The van der Waals surface area contributed by atoms with Gasteiger partial charge in [-0.3, -0.25) is 4.68 Å². The summed E-state index contributed by atoms with van der Waals surface area (Å²) in [5.74, 6) is 0. The van der Waals surface area contributed by atoms with Gasteiger partial charge in [0, 0.05) is 35.6 Å². The average Bonchev–Trinajstić information content (AvgIpc) is 2.95. The maximum Gasteiger partial charge on any atom is 0.0641 e. The van der Waals surface area contributed by atoms with Crippen molar-refractivity contribution in [3.8, 4) is 0 Å². The monoisotopic (exact) mass is 263 g/mol. The van der Waals surface area contributed by atoms with Crippen LogP contribution in [0, 0.1) is 13.8 Å². The molecule has 2 heterocycles. The Hall–Kier alpha value is -1.13. The minimum absolute atomic E-state index is 0.924. The molecular weight excluding hydrogens is 242 g/mol. The van der Waals surface area contributed by atoms with Crippen LogP contribution in [0.25, 0.3) is 0 Å². The molecule has 2 aromatic heterocycles. The molecule has 2 rings (SSSR count). The SMILES string of the molecule is CCNCc1c(C)nn(CCc2cccs2)c1C. The van der Waals surface area contributed by atoms with Crippen LogP contribution in [0.4, 0.5) is 0 Å². The Morgan fingerprint density at radius 2 is 2.22 bits per heavy atom. The first-order valence-electron chi connectivity index (χ1n) is 6.48. The van der Waals surface area contributed by atoms with Crippen LogP contribution in [0.15, 0.2) is 17.5 Å². The number of aryl methyl sites for hydroxylation is 3. The highest BCUT2D eigenvalue weighted by molar-refractivity contribution is 7.09. The van der Waals surface area contributed by atoms with Crippen molar-refractivity contribution in [3.05, 3.63) is 39.3 Å². The molecule has 3 nitrogen and oxygen atoms in total. The third kappa shape index (κ3) is 3.00. The van der Waals surface area contributed by atoms with Crippen LogP contribution in [0.1, 0.15) is 28.8 Å². The standard InChI is InChI=1S/C14H21N3S/c1-4-15-10-14-11(2)16-17(12(14)3)8-7-13-6-5-9-18-13/h5-6,9,15H,4,7-8,10H2,1-3H3.